The van der Waals surface area contributed by atoms with Crippen LogP contribution < -0.4 is 15.0 Å². The van der Waals surface area contributed by atoms with E-state index < -0.39 is 0 Å². The molecule has 2 aliphatic rings. The molecule has 0 spiro atoms. The van der Waals surface area contributed by atoms with Crippen molar-refractivity contribution in [3.05, 3.63) is 53.6 Å². The molecule has 0 aromatic heterocycles. The van der Waals surface area contributed by atoms with E-state index in [1.807, 2.05) is 48.2 Å². The van der Waals surface area contributed by atoms with Gasteiger partial charge >= 0.3 is 0 Å². The molecule has 1 N–H and O–H groups in total. The number of carbonyl (C=O) groups excluding carboxylic acids is 2. The van der Waals surface area contributed by atoms with Crippen LogP contribution in [0.4, 0.5) is 11.4 Å². The first-order valence-electron chi connectivity index (χ1n) is 9.43. The number of nitrogens with one attached hydrogen (secondary N) is 1. The second-order valence-electron chi connectivity index (χ2n) is 7.36. The third-order valence-corrected chi connectivity index (χ3v) is 5.43. The summed E-state index contributed by atoms with van der Waals surface area (Å²) in [6, 6.07) is 13.7. The number of para-hydroxylation sites is 1. The van der Waals surface area contributed by atoms with Gasteiger partial charge in [0.1, 0.15) is 5.75 Å². The van der Waals surface area contributed by atoms with Gasteiger partial charge in [0.05, 0.1) is 24.6 Å². The van der Waals surface area contributed by atoms with Gasteiger partial charge < -0.3 is 15.0 Å². The predicted molar refractivity (Wildman–Crippen MR) is 105 cm³/mol. The van der Waals surface area contributed by atoms with Crippen molar-refractivity contribution in [2.75, 3.05) is 23.9 Å². The van der Waals surface area contributed by atoms with Crippen molar-refractivity contribution in [1.29, 1.82) is 0 Å². The van der Waals surface area contributed by atoms with Crippen LogP contribution in [0.5, 0.6) is 5.75 Å². The second-order valence-corrected chi connectivity index (χ2v) is 7.36. The van der Waals surface area contributed by atoms with E-state index in [4.69, 9.17) is 4.74 Å². The van der Waals surface area contributed by atoms with Crippen LogP contribution in [0.1, 0.15) is 24.0 Å². The average Bonchev–Trinajstić information content (AvgIpc) is 3.48. The van der Waals surface area contributed by atoms with Gasteiger partial charge in [0.15, 0.2) is 0 Å². The van der Waals surface area contributed by atoms with E-state index in [0.717, 1.165) is 30.6 Å². The zero-order valence-corrected chi connectivity index (χ0v) is 15.7. The summed E-state index contributed by atoms with van der Waals surface area (Å²) in [6.45, 7) is 2.69. The number of hydrogen-bond acceptors (Lipinski definition) is 3. The lowest BCUT2D eigenvalue weighted by Crippen LogP contribution is -2.37. The number of ether oxygens (including phenoxy) is 1. The highest BCUT2D eigenvalue weighted by molar-refractivity contribution is 6.05. The van der Waals surface area contributed by atoms with Crippen LogP contribution in [0, 0.1) is 18.8 Å². The number of hydrogen-bond donors (Lipinski definition) is 1. The fourth-order valence-corrected chi connectivity index (χ4v) is 3.87. The summed E-state index contributed by atoms with van der Waals surface area (Å²) in [5.41, 5.74) is 3.91. The normalized spacial score (nSPS) is 20.6. The minimum Gasteiger partial charge on any atom is -0.495 e. The van der Waals surface area contributed by atoms with Crippen LogP contribution in [-0.4, -0.2) is 25.5 Å². The van der Waals surface area contributed by atoms with Crippen LogP contribution in [0.25, 0.3) is 0 Å². The Hall–Kier alpha value is -2.82. The fraction of sp³-hybridized carbons (Fsp3) is 0.364. The molecule has 1 aliphatic carbocycles. The molecule has 5 heteroatoms. The molecule has 0 bridgehead atoms. The topological polar surface area (TPSA) is 58.6 Å². The van der Waals surface area contributed by atoms with Gasteiger partial charge in [-0.15, -0.1) is 0 Å². The van der Waals surface area contributed by atoms with E-state index >= 15 is 0 Å². The Bertz CT molecular complexity index is 893. The summed E-state index contributed by atoms with van der Waals surface area (Å²) in [4.78, 5) is 27.5. The molecule has 2 amide bonds. The van der Waals surface area contributed by atoms with Crippen molar-refractivity contribution >= 4 is 23.2 Å². The number of anilines is 2. The largest absolute Gasteiger partial charge is 0.495 e. The number of rotatable bonds is 4. The molecule has 2 atom stereocenters. The quantitative estimate of drug-likeness (QED) is 0.902. The Kier molecular flexibility index (Phi) is 4.60. The first-order valence-corrected chi connectivity index (χ1v) is 9.43. The SMILES string of the molecule is COc1ccc(C)cc1NC(=O)C1CC1C(=O)N1CCCc2ccccc21. The van der Waals surface area contributed by atoms with Crippen molar-refractivity contribution in [3.63, 3.8) is 0 Å². The van der Waals surface area contributed by atoms with Crippen molar-refractivity contribution in [1.82, 2.24) is 0 Å². The molecule has 2 aromatic rings. The summed E-state index contributed by atoms with van der Waals surface area (Å²) < 4.78 is 5.32. The van der Waals surface area contributed by atoms with Gasteiger partial charge in [0, 0.05) is 12.2 Å². The monoisotopic (exact) mass is 364 g/mol. The van der Waals surface area contributed by atoms with Crippen LogP contribution >= 0.6 is 0 Å². The van der Waals surface area contributed by atoms with Gasteiger partial charge in [-0.25, -0.2) is 0 Å². The fourth-order valence-electron chi connectivity index (χ4n) is 3.87. The molecule has 1 fully saturated rings. The first-order chi connectivity index (χ1) is 13.1. The van der Waals surface area contributed by atoms with Crippen LogP contribution in [0.3, 0.4) is 0 Å². The maximum atomic E-state index is 13.0. The summed E-state index contributed by atoms with van der Waals surface area (Å²) in [6.07, 6.45) is 2.58. The molecule has 2 unspecified atom stereocenters. The molecule has 1 saturated carbocycles. The smallest absolute Gasteiger partial charge is 0.230 e. The van der Waals surface area contributed by atoms with E-state index in [1.165, 1.54) is 5.56 Å². The Morgan fingerprint density at radius 3 is 2.78 bits per heavy atom. The molecular weight excluding hydrogens is 340 g/mol. The van der Waals surface area contributed by atoms with Crippen molar-refractivity contribution in [3.8, 4) is 5.75 Å². The Labute approximate surface area is 159 Å². The average molecular weight is 364 g/mol. The molecule has 2 aromatic carbocycles. The lowest BCUT2D eigenvalue weighted by atomic mass is 10.0. The van der Waals surface area contributed by atoms with E-state index in [2.05, 4.69) is 11.4 Å². The van der Waals surface area contributed by atoms with Crippen LogP contribution in [-0.2, 0) is 16.0 Å². The van der Waals surface area contributed by atoms with Gasteiger partial charge in [-0.1, -0.05) is 24.3 Å². The third kappa shape index (κ3) is 3.42. The summed E-state index contributed by atoms with van der Waals surface area (Å²) in [5.74, 6) is 0.0900. The first kappa shape index (κ1) is 17.6. The summed E-state index contributed by atoms with van der Waals surface area (Å²) in [5, 5.41) is 2.94. The highest BCUT2D eigenvalue weighted by atomic mass is 16.5. The van der Waals surface area contributed by atoms with E-state index in [0.29, 0.717) is 17.9 Å². The maximum Gasteiger partial charge on any atom is 0.230 e. The Morgan fingerprint density at radius 2 is 1.96 bits per heavy atom. The van der Waals surface area contributed by atoms with Gasteiger partial charge in [-0.05, 0) is 55.5 Å². The maximum absolute atomic E-state index is 13.0. The van der Waals surface area contributed by atoms with Crippen molar-refractivity contribution in [2.45, 2.75) is 26.2 Å². The Balaban J connectivity index is 1.45. The number of methoxy groups -OCH3 is 1. The predicted octanol–water partition coefficient (Wildman–Crippen LogP) is 3.56. The number of nitrogens with zero attached hydrogens (tertiary/aromatic N) is 1. The van der Waals surface area contributed by atoms with E-state index in [-0.39, 0.29) is 23.7 Å². The lowest BCUT2D eigenvalue weighted by Gasteiger charge is -2.29. The van der Waals surface area contributed by atoms with E-state index in [1.54, 1.807) is 7.11 Å². The Morgan fingerprint density at radius 1 is 1.15 bits per heavy atom. The van der Waals surface area contributed by atoms with Gasteiger partial charge in [0.2, 0.25) is 11.8 Å². The molecule has 1 heterocycles. The minimum absolute atomic E-state index is 0.0681. The highest BCUT2D eigenvalue weighted by Crippen LogP contribution is 2.43. The minimum atomic E-state index is -0.267. The number of carbonyl (C=O) groups is 2. The highest BCUT2D eigenvalue weighted by Gasteiger charge is 2.50. The number of benzene rings is 2. The van der Waals surface area contributed by atoms with Gasteiger partial charge in [-0.2, -0.15) is 0 Å². The van der Waals surface area contributed by atoms with Crippen molar-refractivity contribution < 1.29 is 14.3 Å². The molecule has 0 saturated heterocycles. The van der Waals surface area contributed by atoms with Crippen LogP contribution in [0.15, 0.2) is 42.5 Å². The zero-order chi connectivity index (χ0) is 19.0. The molecule has 140 valence electrons. The van der Waals surface area contributed by atoms with Gasteiger partial charge in [-0.3, -0.25) is 9.59 Å². The summed E-state index contributed by atoms with van der Waals surface area (Å²) >= 11 is 0. The molecule has 5 nitrogen and oxygen atoms in total. The van der Waals surface area contributed by atoms with Crippen molar-refractivity contribution in [2.24, 2.45) is 11.8 Å². The van der Waals surface area contributed by atoms with Crippen LogP contribution in [0.2, 0.25) is 0 Å². The second kappa shape index (κ2) is 7.06. The molecule has 0 radical (unpaired) electrons. The zero-order valence-electron chi connectivity index (χ0n) is 15.7. The molecular formula is C22H24N2O3. The number of aryl methyl sites for hydroxylation is 2. The molecule has 4 rings (SSSR count). The number of fused-ring (bicyclic) bond motifs is 1. The van der Waals surface area contributed by atoms with Gasteiger partial charge in [0.25, 0.3) is 0 Å². The van der Waals surface area contributed by atoms with E-state index in [9.17, 15) is 9.59 Å². The summed E-state index contributed by atoms with van der Waals surface area (Å²) in [7, 11) is 1.58. The standard InChI is InChI=1S/C22H24N2O3/c1-14-9-10-20(27-2)18(12-14)23-21(25)16-13-17(16)22(26)24-11-5-7-15-6-3-4-8-19(15)24/h3-4,6,8-10,12,16-17H,5,7,11,13H2,1-2H3,(H,23,25). The third-order valence-electron chi connectivity index (χ3n) is 5.43. The lowest BCUT2D eigenvalue weighted by molar-refractivity contribution is -0.123. The number of amides is 2. The molecule has 1 aliphatic heterocycles. The molecule has 27 heavy (non-hydrogen) atoms.